The third-order valence-corrected chi connectivity index (χ3v) is 3.92. The lowest BCUT2D eigenvalue weighted by molar-refractivity contribution is 0.415. The van der Waals surface area contributed by atoms with Crippen LogP contribution in [0.1, 0.15) is 12.5 Å². The van der Waals surface area contributed by atoms with Gasteiger partial charge in [0.25, 0.3) is 0 Å². The molecule has 0 unspecified atom stereocenters. The molecular formula is C17H21BrN2O. The molecule has 0 spiro atoms. The van der Waals surface area contributed by atoms with Gasteiger partial charge in [0, 0.05) is 29.4 Å². The molecule has 0 heterocycles. The molecular weight excluding hydrogens is 328 g/mol. The molecule has 0 aliphatic carbocycles. The molecule has 2 aromatic rings. The Morgan fingerprint density at radius 2 is 1.86 bits per heavy atom. The van der Waals surface area contributed by atoms with Crippen LogP contribution in [-0.2, 0) is 6.54 Å². The van der Waals surface area contributed by atoms with Gasteiger partial charge in [0.15, 0.2) is 0 Å². The smallest absolute Gasteiger partial charge is 0.119 e. The van der Waals surface area contributed by atoms with E-state index in [1.54, 1.807) is 7.11 Å². The number of hydrogen-bond acceptors (Lipinski definition) is 3. The Hall–Kier alpha value is -1.52. The maximum atomic E-state index is 5.21. The summed E-state index contributed by atoms with van der Waals surface area (Å²) in [4.78, 5) is 2.19. The molecule has 112 valence electrons. The number of ether oxygens (including phenoxy) is 1. The third kappa shape index (κ3) is 3.99. The van der Waals surface area contributed by atoms with Crippen LogP contribution in [0.5, 0.6) is 5.75 Å². The fourth-order valence-electron chi connectivity index (χ4n) is 2.23. The fraction of sp³-hybridized carbons (Fsp3) is 0.294. The number of nitrogens with zero attached hydrogens (tertiary/aromatic N) is 1. The molecule has 21 heavy (non-hydrogen) atoms. The highest BCUT2D eigenvalue weighted by molar-refractivity contribution is 9.10. The number of halogens is 1. The van der Waals surface area contributed by atoms with E-state index < -0.39 is 0 Å². The van der Waals surface area contributed by atoms with Crippen molar-refractivity contribution in [3.05, 3.63) is 52.5 Å². The van der Waals surface area contributed by atoms with Gasteiger partial charge in [-0.15, -0.1) is 0 Å². The minimum Gasteiger partial charge on any atom is -0.497 e. The number of hydrogen-bond donors (Lipinski definition) is 1. The molecule has 0 aliphatic rings. The van der Waals surface area contributed by atoms with Crippen molar-refractivity contribution in [2.24, 2.45) is 0 Å². The van der Waals surface area contributed by atoms with Crippen LogP contribution < -0.4 is 15.0 Å². The summed E-state index contributed by atoms with van der Waals surface area (Å²) in [5.41, 5.74) is 3.60. The van der Waals surface area contributed by atoms with Gasteiger partial charge < -0.3 is 15.0 Å². The molecule has 3 nitrogen and oxygen atoms in total. The molecule has 0 saturated carbocycles. The van der Waals surface area contributed by atoms with Crippen molar-refractivity contribution >= 4 is 27.3 Å². The molecule has 0 amide bonds. The Bertz CT molecular complexity index is 584. The highest BCUT2D eigenvalue weighted by Gasteiger charge is 2.10. The maximum absolute atomic E-state index is 5.21. The van der Waals surface area contributed by atoms with E-state index in [1.165, 1.54) is 11.3 Å². The molecule has 0 bridgehead atoms. The van der Waals surface area contributed by atoms with Crippen molar-refractivity contribution in [3.63, 3.8) is 0 Å². The highest BCUT2D eigenvalue weighted by atomic mass is 79.9. The van der Waals surface area contributed by atoms with E-state index in [2.05, 4.69) is 70.4 Å². The summed E-state index contributed by atoms with van der Waals surface area (Å²) in [5.74, 6) is 0.871. The molecule has 2 aromatic carbocycles. The Morgan fingerprint density at radius 3 is 2.48 bits per heavy atom. The Labute approximate surface area is 135 Å². The monoisotopic (exact) mass is 348 g/mol. The first kappa shape index (κ1) is 15.9. The van der Waals surface area contributed by atoms with Gasteiger partial charge in [-0.1, -0.05) is 22.9 Å². The SMILES string of the molecule is CCNCc1cc(Br)ccc1N(C)c1ccc(OC)cc1. The average Bonchev–Trinajstić information content (AvgIpc) is 2.52. The first-order chi connectivity index (χ1) is 10.2. The predicted molar refractivity (Wildman–Crippen MR) is 92.6 cm³/mol. The van der Waals surface area contributed by atoms with Crippen LogP contribution in [-0.4, -0.2) is 20.7 Å². The van der Waals surface area contributed by atoms with Crippen LogP contribution >= 0.6 is 15.9 Å². The maximum Gasteiger partial charge on any atom is 0.119 e. The first-order valence-corrected chi connectivity index (χ1v) is 7.82. The first-order valence-electron chi connectivity index (χ1n) is 7.02. The summed E-state index contributed by atoms with van der Waals surface area (Å²) in [6, 6.07) is 14.5. The molecule has 2 rings (SSSR count). The van der Waals surface area contributed by atoms with Crippen molar-refractivity contribution in [1.29, 1.82) is 0 Å². The van der Waals surface area contributed by atoms with Gasteiger partial charge in [0.1, 0.15) is 5.75 Å². The molecule has 0 radical (unpaired) electrons. The number of methoxy groups -OCH3 is 1. The summed E-state index contributed by atoms with van der Waals surface area (Å²) in [6.45, 7) is 3.93. The summed E-state index contributed by atoms with van der Waals surface area (Å²) >= 11 is 3.55. The van der Waals surface area contributed by atoms with Gasteiger partial charge in [0.05, 0.1) is 7.11 Å². The van der Waals surface area contributed by atoms with Crippen molar-refractivity contribution in [2.75, 3.05) is 25.6 Å². The molecule has 0 aromatic heterocycles. The van der Waals surface area contributed by atoms with Gasteiger partial charge >= 0.3 is 0 Å². The highest BCUT2D eigenvalue weighted by Crippen LogP contribution is 2.30. The van der Waals surface area contributed by atoms with Gasteiger partial charge in [-0.25, -0.2) is 0 Å². The van der Waals surface area contributed by atoms with E-state index in [0.717, 1.165) is 29.0 Å². The van der Waals surface area contributed by atoms with Gasteiger partial charge in [-0.2, -0.15) is 0 Å². The topological polar surface area (TPSA) is 24.5 Å². The van der Waals surface area contributed by atoms with Crippen molar-refractivity contribution < 1.29 is 4.74 Å². The lowest BCUT2D eigenvalue weighted by Crippen LogP contribution is -2.17. The summed E-state index contributed by atoms with van der Waals surface area (Å²) in [7, 11) is 3.77. The summed E-state index contributed by atoms with van der Waals surface area (Å²) < 4.78 is 6.31. The van der Waals surface area contributed by atoms with E-state index in [4.69, 9.17) is 4.74 Å². The largest absolute Gasteiger partial charge is 0.497 e. The van der Waals surface area contributed by atoms with Crippen LogP contribution in [0.3, 0.4) is 0 Å². The van der Waals surface area contributed by atoms with Crippen LogP contribution in [0.4, 0.5) is 11.4 Å². The van der Waals surface area contributed by atoms with Gasteiger partial charge in [-0.3, -0.25) is 0 Å². The zero-order valence-corrected chi connectivity index (χ0v) is 14.3. The second kappa shape index (κ2) is 7.48. The van der Waals surface area contributed by atoms with Crippen molar-refractivity contribution in [3.8, 4) is 5.75 Å². The Balaban J connectivity index is 2.30. The Morgan fingerprint density at radius 1 is 1.14 bits per heavy atom. The standard InChI is InChI=1S/C17H21BrN2O/c1-4-19-12-13-11-14(18)5-10-17(13)20(2)15-6-8-16(21-3)9-7-15/h5-11,19H,4,12H2,1-3H3. The van der Waals surface area contributed by atoms with Crippen LogP contribution in [0.15, 0.2) is 46.9 Å². The Kier molecular flexibility index (Phi) is 5.65. The zero-order chi connectivity index (χ0) is 15.2. The normalized spacial score (nSPS) is 10.5. The lowest BCUT2D eigenvalue weighted by Gasteiger charge is -2.23. The number of anilines is 2. The van der Waals surface area contributed by atoms with E-state index >= 15 is 0 Å². The average molecular weight is 349 g/mol. The van der Waals surface area contributed by atoms with E-state index in [0.29, 0.717) is 0 Å². The second-order valence-electron chi connectivity index (χ2n) is 4.81. The summed E-state index contributed by atoms with van der Waals surface area (Å²) in [5, 5.41) is 3.39. The van der Waals surface area contributed by atoms with Crippen LogP contribution in [0, 0.1) is 0 Å². The molecule has 1 N–H and O–H groups in total. The van der Waals surface area contributed by atoms with E-state index in [1.807, 2.05) is 12.1 Å². The zero-order valence-electron chi connectivity index (χ0n) is 12.7. The minimum absolute atomic E-state index is 0.853. The molecule has 0 aliphatic heterocycles. The molecule has 0 saturated heterocycles. The fourth-order valence-corrected chi connectivity index (χ4v) is 2.64. The molecule has 4 heteroatoms. The number of nitrogens with one attached hydrogen (secondary N) is 1. The summed E-state index contributed by atoms with van der Waals surface area (Å²) in [6.07, 6.45) is 0. The van der Waals surface area contributed by atoms with Gasteiger partial charge in [0.2, 0.25) is 0 Å². The lowest BCUT2D eigenvalue weighted by atomic mass is 10.1. The van der Waals surface area contributed by atoms with Gasteiger partial charge in [-0.05, 0) is 54.6 Å². The van der Waals surface area contributed by atoms with Crippen LogP contribution in [0.2, 0.25) is 0 Å². The predicted octanol–water partition coefficient (Wildman–Crippen LogP) is 4.34. The van der Waals surface area contributed by atoms with Crippen molar-refractivity contribution in [2.45, 2.75) is 13.5 Å². The quantitative estimate of drug-likeness (QED) is 0.840. The number of benzene rings is 2. The third-order valence-electron chi connectivity index (χ3n) is 3.43. The van der Waals surface area contributed by atoms with E-state index in [9.17, 15) is 0 Å². The molecule has 0 atom stereocenters. The van der Waals surface area contributed by atoms with E-state index in [-0.39, 0.29) is 0 Å². The number of rotatable bonds is 6. The molecule has 0 fully saturated rings. The van der Waals surface area contributed by atoms with Crippen LogP contribution in [0.25, 0.3) is 0 Å². The van der Waals surface area contributed by atoms with Crippen molar-refractivity contribution in [1.82, 2.24) is 5.32 Å². The second-order valence-corrected chi connectivity index (χ2v) is 5.73. The minimum atomic E-state index is 0.853.